The van der Waals surface area contributed by atoms with Crippen LogP contribution in [0.3, 0.4) is 0 Å². The molecule has 9 heteroatoms. The summed E-state index contributed by atoms with van der Waals surface area (Å²) in [4.78, 5) is 25.7. The molecule has 0 aromatic carbocycles. The second-order valence-electron chi connectivity index (χ2n) is 27.0. The molecule has 84 heavy (non-hydrogen) atoms. The summed E-state index contributed by atoms with van der Waals surface area (Å²) in [6, 6.07) is -0.904. The van der Waals surface area contributed by atoms with Crippen LogP contribution in [0.25, 0.3) is 0 Å². The maximum atomic E-state index is 13.0. The molecule has 0 saturated heterocycles. The van der Waals surface area contributed by atoms with Crippen LogP contribution in [0.4, 0.5) is 0 Å². The molecule has 8 nitrogen and oxygen atoms in total. The van der Waals surface area contributed by atoms with Crippen LogP contribution in [0.15, 0.2) is 36.5 Å². The van der Waals surface area contributed by atoms with E-state index < -0.39 is 20.0 Å². The lowest BCUT2D eigenvalue weighted by atomic mass is 10.0. The monoisotopic (exact) mass is 1200 g/mol. The van der Waals surface area contributed by atoms with E-state index in [4.69, 9.17) is 9.05 Å². The number of aliphatic hydroxyl groups excluding tert-OH is 1. The molecular formula is C75H147N2O6P. The molecule has 0 saturated carbocycles. The van der Waals surface area contributed by atoms with Crippen molar-refractivity contribution in [1.82, 2.24) is 5.32 Å². The zero-order valence-electron chi connectivity index (χ0n) is 57.1. The van der Waals surface area contributed by atoms with Crippen molar-refractivity contribution in [3.63, 3.8) is 0 Å². The Balaban J connectivity index is 4.03. The molecule has 3 unspecified atom stereocenters. The number of carbonyl (C=O) groups excluding carboxylic acids is 1. The van der Waals surface area contributed by atoms with Gasteiger partial charge in [-0.3, -0.25) is 9.36 Å². The number of phosphoric ester groups is 1. The van der Waals surface area contributed by atoms with Gasteiger partial charge >= 0.3 is 0 Å². The van der Waals surface area contributed by atoms with E-state index in [9.17, 15) is 19.4 Å². The highest BCUT2D eigenvalue weighted by atomic mass is 31.2. The van der Waals surface area contributed by atoms with Crippen LogP contribution in [0.2, 0.25) is 0 Å². The number of aliphatic hydroxyl groups is 1. The average Bonchev–Trinajstić information content (AvgIpc) is 3.56. The molecule has 0 bridgehead atoms. The topological polar surface area (TPSA) is 108 Å². The van der Waals surface area contributed by atoms with Gasteiger partial charge in [0.25, 0.3) is 7.82 Å². The predicted molar refractivity (Wildman–Crippen MR) is 367 cm³/mol. The molecule has 0 spiro atoms. The maximum Gasteiger partial charge on any atom is 0.268 e. The third-order valence-corrected chi connectivity index (χ3v) is 18.3. The minimum atomic E-state index is -4.61. The lowest BCUT2D eigenvalue weighted by molar-refractivity contribution is -0.870. The van der Waals surface area contributed by atoms with Crippen LogP contribution in [0, 0.1) is 0 Å². The summed E-state index contributed by atoms with van der Waals surface area (Å²) in [6.45, 7) is 4.69. The Morgan fingerprint density at radius 3 is 0.964 bits per heavy atom. The van der Waals surface area contributed by atoms with Gasteiger partial charge in [-0.2, -0.15) is 0 Å². The molecule has 0 aromatic heterocycles. The van der Waals surface area contributed by atoms with Crippen molar-refractivity contribution in [2.75, 3.05) is 40.9 Å². The third kappa shape index (κ3) is 68.2. The van der Waals surface area contributed by atoms with Gasteiger partial charge in [0.1, 0.15) is 13.2 Å². The predicted octanol–water partition coefficient (Wildman–Crippen LogP) is 23.4. The third-order valence-electron chi connectivity index (χ3n) is 17.3. The first-order valence-corrected chi connectivity index (χ1v) is 38.8. The SMILES string of the molecule is CCCCCCCCCC/C=C\CCCCCCCCCCCCCCCCCCCCCC(=O)NC(COP(=O)([O-])OCC[N+](C)(C)C)C(O)/C=C/CC/C=C/CCCCCCCCCCCCCCCCCCCCCCCCCCC. The van der Waals surface area contributed by atoms with E-state index in [-0.39, 0.29) is 19.1 Å². The van der Waals surface area contributed by atoms with Crippen molar-refractivity contribution in [3.05, 3.63) is 36.5 Å². The summed E-state index contributed by atoms with van der Waals surface area (Å²) in [7, 11) is 1.26. The number of amides is 1. The van der Waals surface area contributed by atoms with Crippen LogP contribution < -0.4 is 10.2 Å². The highest BCUT2D eigenvalue weighted by Gasteiger charge is 2.23. The number of likely N-dealkylation sites (N-methyl/N-ethyl adjacent to an activating group) is 1. The van der Waals surface area contributed by atoms with Crippen LogP contribution in [-0.4, -0.2) is 68.5 Å². The molecule has 0 radical (unpaired) electrons. The Labute approximate surface area is 525 Å². The standard InChI is InChI=1S/C75H147N2O6P/c1-6-8-10-12-14-16-18-20-22-24-26-28-30-32-34-36-38-40-42-44-46-48-50-52-54-56-58-60-62-64-66-68-74(78)73(72-83-84(80,81)82-71-70-77(3,4)5)76-75(79)69-67-65-63-61-59-57-55-53-51-49-47-45-43-41-39-37-35-33-31-29-27-25-23-21-19-17-15-13-11-9-7-2/h25,27,58,60,66,68,73-74,78H,6-24,26,28-57,59,61-65,67,69-72H2,1-5H3,(H-,76,79,80,81)/b27-25-,60-58+,68-66+. The van der Waals surface area contributed by atoms with Crippen LogP contribution in [0.1, 0.15) is 386 Å². The van der Waals surface area contributed by atoms with E-state index in [0.717, 1.165) is 38.5 Å². The second kappa shape index (κ2) is 66.1. The fourth-order valence-corrected chi connectivity index (χ4v) is 12.2. The molecule has 0 aliphatic rings. The van der Waals surface area contributed by atoms with Crippen LogP contribution in [-0.2, 0) is 18.4 Å². The first-order chi connectivity index (χ1) is 41.0. The largest absolute Gasteiger partial charge is 0.756 e. The Hall–Kier alpha value is -1.28. The number of unbranched alkanes of at least 4 members (excludes halogenated alkanes) is 53. The highest BCUT2D eigenvalue weighted by Crippen LogP contribution is 2.38. The number of allylic oxidation sites excluding steroid dienone is 5. The smallest absolute Gasteiger partial charge is 0.268 e. The van der Waals surface area contributed by atoms with E-state index in [1.54, 1.807) is 6.08 Å². The number of nitrogens with zero attached hydrogens (tertiary/aromatic N) is 1. The number of hydrogen-bond donors (Lipinski definition) is 2. The molecule has 2 N–H and O–H groups in total. The zero-order chi connectivity index (χ0) is 61.2. The van der Waals surface area contributed by atoms with Crippen LogP contribution >= 0.6 is 7.82 Å². The molecule has 0 aromatic rings. The van der Waals surface area contributed by atoms with E-state index in [0.29, 0.717) is 17.4 Å². The number of rotatable bonds is 70. The molecule has 0 aliphatic carbocycles. The number of quaternary nitrogens is 1. The summed E-state index contributed by atoms with van der Waals surface area (Å²) < 4.78 is 23.5. The number of phosphoric acid groups is 1. The summed E-state index contributed by atoms with van der Waals surface area (Å²) in [5.74, 6) is -0.199. The fourth-order valence-electron chi connectivity index (χ4n) is 11.5. The van der Waals surface area contributed by atoms with Gasteiger partial charge in [-0.05, 0) is 57.8 Å². The van der Waals surface area contributed by atoms with Crippen molar-refractivity contribution < 1.29 is 32.9 Å². The van der Waals surface area contributed by atoms with Gasteiger partial charge in [0.05, 0.1) is 39.9 Å². The number of nitrogens with one attached hydrogen (secondary N) is 1. The average molecular weight is 1200 g/mol. The van der Waals surface area contributed by atoms with Gasteiger partial charge in [-0.1, -0.05) is 359 Å². The molecule has 498 valence electrons. The maximum absolute atomic E-state index is 13.0. The van der Waals surface area contributed by atoms with E-state index in [1.807, 2.05) is 27.2 Å². The Morgan fingerprint density at radius 1 is 0.405 bits per heavy atom. The Morgan fingerprint density at radius 2 is 0.667 bits per heavy atom. The number of carbonyl (C=O) groups is 1. The molecule has 0 fully saturated rings. The van der Waals surface area contributed by atoms with Crippen molar-refractivity contribution in [2.45, 2.75) is 398 Å². The van der Waals surface area contributed by atoms with Gasteiger partial charge in [0.2, 0.25) is 5.91 Å². The first kappa shape index (κ1) is 82.7. The van der Waals surface area contributed by atoms with Crippen molar-refractivity contribution in [2.24, 2.45) is 0 Å². The minimum absolute atomic E-state index is 0.00439. The number of hydrogen-bond acceptors (Lipinski definition) is 6. The van der Waals surface area contributed by atoms with E-state index in [2.05, 4.69) is 43.5 Å². The quantitative estimate of drug-likeness (QED) is 0.0272. The summed E-state index contributed by atoms with van der Waals surface area (Å²) in [5.41, 5.74) is 0. The first-order valence-electron chi connectivity index (χ1n) is 37.4. The van der Waals surface area contributed by atoms with Gasteiger partial charge in [-0.15, -0.1) is 0 Å². The summed E-state index contributed by atoms with van der Waals surface area (Å²) >= 11 is 0. The molecule has 0 aliphatic heterocycles. The zero-order valence-corrected chi connectivity index (χ0v) is 58.0. The Kier molecular flexibility index (Phi) is 65.1. The highest BCUT2D eigenvalue weighted by molar-refractivity contribution is 7.45. The molecular weight excluding hydrogens is 1060 g/mol. The molecule has 0 heterocycles. The lowest BCUT2D eigenvalue weighted by Gasteiger charge is -2.29. The van der Waals surface area contributed by atoms with Crippen molar-refractivity contribution in [1.29, 1.82) is 0 Å². The van der Waals surface area contributed by atoms with Gasteiger partial charge in [-0.25, -0.2) is 0 Å². The van der Waals surface area contributed by atoms with Gasteiger partial charge < -0.3 is 28.8 Å². The van der Waals surface area contributed by atoms with Gasteiger partial charge in [0, 0.05) is 6.42 Å². The molecule has 0 rings (SSSR count). The fraction of sp³-hybridized carbons (Fsp3) is 0.907. The normalized spacial score (nSPS) is 13.8. The van der Waals surface area contributed by atoms with E-state index >= 15 is 0 Å². The molecule has 1 amide bonds. The van der Waals surface area contributed by atoms with Gasteiger partial charge in [0.15, 0.2) is 0 Å². The minimum Gasteiger partial charge on any atom is -0.756 e. The lowest BCUT2D eigenvalue weighted by Crippen LogP contribution is -2.45. The van der Waals surface area contributed by atoms with Crippen LogP contribution in [0.5, 0.6) is 0 Å². The van der Waals surface area contributed by atoms with E-state index in [1.165, 1.54) is 327 Å². The summed E-state index contributed by atoms with van der Waals surface area (Å²) in [6.07, 6.45) is 88.7. The second-order valence-corrected chi connectivity index (χ2v) is 28.4. The molecule has 3 atom stereocenters. The van der Waals surface area contributed by atoms with Crippen molar-refractivity contribution >= 4 is 13.7 Å². The van der Waals surface area contributed by atoms with Crippen molar-refractivity contribution in [3.8, 4) is 0 Å². The Bertz CT molecular complexity index is 1460. The summed E-state index contributed by atoms with van der Waals surface area (Å²) in [5, 5.41) is 14.0.